The van der Waals surface area contributed by atoms with E-state index in [-0.39, 0.29) is 5.69 Å². The summed E-state index contributed by atoms with van der Waals surface area (Å²) in [6.45, 7) is 1.50. The topological polar surface area (TPSA) is 83.8 Å². The summed E-state index contributed by atoms with van der Waals surface area (Å²) in [6.07, 6.45) is 4.36. The number of nitro groups is 1. The number of benzene rings is 1. The van der Waals surface area contributed by atoms with Crippen LogP contribution in [0.25, 0.3) is 0 Å². The molecule has 0 atom stereocenters. The average Bonchev–Trinajstić information content (AvgIpc) is 2.88. The largest absolute Gasteiger partial charge is 0.349 e. The number of nitrogens with zero attached hydrogens (tertiary/aromatic N) is 2. The first kappa shape index (κ1) is 12.3. The fraction of sp³-hybridized carbons (Fsp3) is 0.250. The number of hydrogen-bond acceptors (Lipinski definition) is 4. The van der Waals surface area contributed by atoms with E-state index in [0.29, 0.717) is 6.54 Å². The highest BCUT2D eigenvalue weighted by atomic mass is 16.6. The van der Waals surface area contributed by atoms with Gasteiger partial charge in [0.05, 0.1) is 4.92 Å². The second kappa shape index (κ2) is 5.92. The standard InChI is InChI=1S/C12H14N4O2/c17-16(18)11-3-1-10(2-4-11)9-13-6-5-12-14-7-8-15-12/h1-4,7-8,13H,5-6,9H2,(H,14,15). The molecule has 18 heavy (non-hydrogen) atoms. The van der Waals surface area contributed by atoms with Crippen LogP contribution in [-0.4, -0.2) is 21.4 Å². The molecule has 0 bridgehead atoms. The quantitative estimate of drug-likeness (QED) is 0.461. The molecule has 0 spiro atoms. The maximum Gasteiger partial charge on any atom is 0.269 e. The lowest BCUT2D eigenvalue weighted by Crippen LogP contribution is -2.17. The van der Waals surface area contributed by atoms with Gasteiger partial charge in [0.25, 0.3) is 5.69 Å². The zero-order valence-corrected chi connectivity index (χ0v) is 9.80. The van der Waals surface area contributed by atoms with Crippen LogP contribution in [-0.2, 0) is 13.0 Å². The van der Waals surface area contributed by atoms with Gasteiger partial charge >= 0.3 is 0 Å². The Morgan fingerprint density at radius 1 is 1.33 bits per heavy atom. The van der Waals surface area contributed by atoms with E-state index in [9.17, 15) is 10.1 Å². The second-order valence-electron chi connectivity index (χ2n) is 3.89. The lowest BCUT2D eigenvalue weighted by atomic mass is 10.2. The molecule has 0 saturated heterocycles. The number of non-ortho nitro benzene ring substituents is 1. The Bertz CT molecular complexity index is 493. The smallest absolute Gasteiger partial charge is 0.269 e. The van der Waals surface area contributed by atoms with E-state index in [4.69, 9.17) is 0 Å². The molecule has 1 heterocycles. The van der Waals surface area contributed by atoms with Gasteiger partial charge in [0.2, 0.25) is 0 Å². The van der Waals surface area contributed by atoms with Gasteiger partial charge in [0.15, 0.2) is 0 Å². The Morgan fingerprint density at radius 3 is 2.72 bits per heavy atom. The Kier molecular flexibility index (Phi) is 4.03. The second-order valence-corrected chi connectivity index (χ2v) is 3.89. The predicted molar refractivity (Wildman–Crippen MR) is 67.1 cm³/mol. The summed E-state index contributed by atoms with van der Waals surface area (Å²) in [5.41, 5.74) is 1.15. The minimum absolute atomic E-state index is 0.120. The summed E-state index contributed by atoms with van der Waals surface area (Å²) in [5, 5.41) is 13.7. The number of hydrogen-bond donors (Lipinski definition) is 2. The van der Waals surface area contributed by atoms with Crippen molar-refractivity contribution < 1.29 is 4.92 Å². The van der Waals surface area contributed by atoms with Crippen molar-refractivity contribution in [1.29, 1.82) is 0 Å². The Labute approximate surface area is 104 Å². The van der Waals surface area contributed by atoms with Crippen molar-refractivity contribution in [2.24, 2.45) is 0 Å². The third-order valence-corrected chi connectivity index (χ3v) is 2.57. The summed E-state index contributed by atoms with van der Waals surface area (Å²) in [6, 6.07) is 6.56. The van der Waals surface area contributed by atoms with Crippen molar-refractivity contribution >= 4 is 5.69 Å². The SMILES string of the molecule is O=[N+]([O-])c1ccc(CNCCc2ncc[nH]2)cc1. The molecule has 0 unspecified atom stereocenters. The van der Waals surface area contributed by atoms with Gasteiger partial charge in [-0.25, -0.2) is 4.98 Å². The summed E-state index contributed by atoms with van der Waals surface area (Å²) in [7, 11) is 0. The summed E-state index contributed by atoms with van der Waals surface area (Å²) in [4.78, 5) is 17.2. The van der Waals surface area contributed by atoms with Crippen LogP contribution in [0, 0.1) is 10.1 Å². The average molecular weight is 246 g/mol. The van der Waals surface area contributed by atoms with E-state index < -0.39 is 4.92 Å². The molecule has 0 aliphatic carbocycles. The molecule has 0 amide bonds. The van der Waals surface area contributed by atoms with Crippen molar-refractivity contribution in [3.63, 3.8) is 0 Å². The molecular formula is C12H14N4O2. The molecule has 6 nitrogen and oxygen atoms in total. The minimum Gasteiger partial charge on any atom is -0.349 e. The van der Waals surface area contributed by atoms with Crippen molar-refractivity contribution in [1.82, 2.24) is 15.3 Å². The maximum atomic E-state index is 10.5. The molecule has 0 fully saturated rings. The van der Waals surface area contributed by atoms with Crippen LogP contribution in [0.5, 0.6) is 0 Å². The lowest BCUT2D eigenvalue weighted by molar-refractivity contribution is -0.384. The van der Waals surface area contributed by atoms with Gasteiger partial charge in [-0.2, -0.15) is 0 Å². The van der Waals surface area contributed by atoms with Crippen LogP contribution in [0.3, 0.4) is 0 Å². The van der Waals surface area contributed by atoms with Crippen LogP contribution in [0.1, 0.15) is 11.4 Å². The molecule has 94 valence electrons. The molecule has 0 aliphatic heterocycles. The first-order valence-corrected chi connectivity index (χ1v) is 5.68. The van der Waals surface area contributed by atoms with Crippen LogP contribution >= 0.6 is 0 Å². The fourth-order valence-corrected chi connectivity index (χ4v) is 1.61. The zero-order chi connectivity index (χ0) is 12.8. The summed E-state index contributed by atoms with van der Waals surface area (Å²) in [5.74, 6) is 0.950. The highest BCUT2D eigenvalue weighted by Gasteiger charge is 2.03. The third-order valence-electron chi connectivity index (χ3n) is 2.57. The minimum atomic E-state index is -0.395. The Morgan fingerprint density at radius 2 is 2.11 bits per heavy atom. The monoisotopic (exact) mass is 246 g/mol. The van der Waals surface area contributed by atoms with Gasteiger partial charge in [0, 0.05) is 44.0 Å². The van der Waals surface area contributed by atoms with E-state index >= 15 is 0 Å². The first-order valence-electron chi connectivity index (χ1n) is 5.68. The highest BCUT2D eigenvalue weighted by molar-refractivity contribution is 5.32. The van der Waals surface area contributed by atoms with E-state index in [2.05, 4.69) is 15.3 Å². The van der Waals surface area contributed by atoms with Crippen molar-refractivity contribution in [3.8, 4) is 0 Å². The molecule has 1 aromatic carbocycles. The van der Waals surface area contributed by atoms with Crippen molar-refractivity contribution in [2.75, 3.05) is 6.54 Å². The molecule has 0 aliphatic rings. The molecule has 2 N–H and O–H groups in total. The molecular weight excluding hydrogens is 232 g/mol. The van der Waals surface area contributed by atoms with E-state index in [1.807, 2.05) is 0 Å². The normalized spacial score (nSPS) is 10.4. The van der Waals surface area contributed by atoms with Gasteiger partial charge in [-0.3, -0.25) is 10.1 Å². The molecule has 2 aromatic rings. The fourth-order valence-electron chi connectivity index (χ4n) is 1.61. The number of aromatic nitrogens is 2. The Balaban J connectivity index is 1.75. The molecule has 2 rings (SSSR count). The number of aromatic amines is 1. The van der Waals surface area contributed by atoms with Crippen molar-refractivity contribution in [3.05, 3.63) is 58.2 Å². The van der Waals surface area contributed by atoms with Crippen molar-refractivity contribution in [2.45, 2.75) is 13.0 Å². The zero-order valence-electron chi connectivity index (χ0n) is 9.80. The van der Waals surface area contributed by atoms with Crippen LogP contribution in [0.2, 0.25) is 0 Å². The summed E-state index contributed by atoms with van der Waals surface area (Å²) >= 11 is 0. The van der Waals surface area contributed by atoms with Gasteiger partial charge in [-0.05, 0) is 5.56 Å². The van der Waals surface area contributed by atoms with Gasteiger partial charge in [0.1, 0.15) is 5.82 Å². The number of nitrogens with one attached hydrogen (secondary N) is 2. The predicted octanol–water partition coefficient (Wildman–Crippen LogP) is 1.65. The van der Waals surface area contributed by atoms with Gasteiger partial charge < -0.3 is 10.3 Å². The molecule has 0 radical (unpaired) electrons. The van der Waals surface area contributed by atoms with Crippen LogP contribution < -0.4 is 5.32 Å². The third kappa shape index (κ3) is 3.39. The lowest BCUT2D eigenvalue weighted by Gasteiger charge is -2.03. The Hall–Kier alpha value is -2.21. The van der Waals surface area contributed by atoms with Crippen LogP contribution in [0.15, 0.2) is 36.7 Å². The van der Waals surface area contributed by atoms with Gasteiger partial charge in [-0.15, -0.1) is 0 Å². The van der Waals surface area contributed by atoms with E-state index in [0.717, 1.165) is 24.4 Å². The maximum absolute atomic E-state index is 10.5. The van der Waals surface area contributed by atoms with Gasteiger partial charge in [-0.1, -0.05) is 12.1 Å². The summed E-state index contributed by atoms with van der Waals surface area (Å²) < 4.78 is 0. The first-order chi connectivity index (χ1) is 8.75. The molecule has 6 heteroatoms. The van der Waals surface area contributed by atoms with E-state index in [1.54, 1.807) is 24.5 Å². The highest BCUT2D eigenvalue weighted by Crippen LogP contribution is 2.11. The molecule has 0 saturated carbocycles. The number of imidazole rings is 1. The molecule has 1 aromatic heterocycles. The van der Waals surface area contributed by atoms with Crippen LogP contribution in [0.4, 0.5) is 5.69 Å². The number of nitro benzene ring substituents is 1. The van der Waals surface area contributed by atoms with E-state index in [1.165, 1.54) is 12.1 Å². The number of rotatable bonds is 6. The number of H-pyrrole nitrogens is 1.